The summed E-state index contributed by atoms with van der Waals surface area (Å²) in [7, 11) is 1.32. The van der Waals surface area contributed by atoms with Crippen LogP contribution in [-0.4, -0.2) is 25.2 Å². The van der Waals surface area contributed by atoms with Crippen molar-refractivity contribution in [1.29, 1.82) is 0 Å². The van der Waals surface area contributed by atoms with Crippen molar-refractivity contribution in [3.8, 4) is 0 Å². The monoisotopic (exact) mass is 292 g/mol. The van der Waals surface area contributed by atoms with Gasteiger partial charge >= 0.3 is 12.0 Å². The summed E-state index contributed by atoms with van der Waals surface area (Å²) in [5, 5.41) is 5.45. The molecule has 0 aliphatic rings. The summed E-state index contributed by atoms with van der Waals surface area (Å²) in [5.41, 5.74) is 2.84. The molecule has 2 amide bonds. The molecular formula is C16H24N2O3. The van der Waals surface area contributed by atoms with Crippen LogP contribution in [-0.2, 0) is 9.53 Å². The fourth-order valence-corrected chi connectivity index (χ4v) is 2.03. The second-order valence-corrected chi connectivity index (χ2v) is 5.55. The number of carbonyl (C=O) groups is 2. The first-order valence-electron chi connectivity index (χ1n) is 7.06. The molecule has 0 saturated carbocycles. The summed E-state index contributed by atoms with van der Waals surface area (Å²) in [6.45, 7) is 7.89. The number of urea groups is 1. The Hall–Kier alpha value is -2.04. The van der Waals surface area contributed by atoms with Crippen LogP contribution >= 0.6 is 0 Å². The summed E-state index contributed by atoms with van der Waals surface area (Å²) in [4.78, 5) is 23.7. The number of benzene rings is 1. The van der Waals surface area contributed by atoms with Crippen LogP contribution in [0.25, 0.3) is 0 Å². The van der Waals surface area contributed by atoms with Crippen LogP contribution in [0, 0.1) is 19.8 Å². The van der Waals surface area contributed by atoms with Crippen LogP contribution in [0.1, 0.15) is 31.4 Å². The zero-order valence-electron chi connectivity index (χ0n) is 13.3. The molecule has 0 radical (unpaired) electrons. The normalized spacial score (nSPS) is 11.9. The van der Waals surface area contributed by atoms with Gasteiger partial charge in [0, 0.05) is 5.69 Å². The molecule has 5 heteroatoms. The Labute approximate surface area is 126 Å². The molecule has 0 aliphatic carbocycles. The topological polar surface area (TPSA) is 67.4 Å². The van der Waals surface area contributed by atoms with E-state index in [1.165, 1.54) is 7.11 Å². The number of ether oxygens (including phenoxy) is 1. The lowest BCUT2D eigenvalue weighted by Gasteiger charge is -2.19. The van der Waals surface area contributed by atoms with Crippen molar-refractivity contribution in [3.05, 3.63) is 29.3 Å². The summed E-state index contributed by atoms with van der Waals surface area (Å²) in [6, 6.07) is 4.65. The van der Waals surface area contributed by atoms with Gasteiger partial charge in [-0.1, -0.05) is 26.0 Å². The molecule has 1 atom stereocenters. The van der Waals surface area contributed by atoms with Gasteiger partial charge < -0.3 is 15.4 Å². The van der Waals surface area contributed by atoms with E-state index in [1.54, 1.807) is 0 Å². The average Bonchev–Trinajstić information content (AvgIpc) is 2.41. The number of rotatable bonds is 5. The Kier molecular flexibility index (Phi) is 6.21. The minimum Gasteiger partial charge on any atom is -0.467 e. The largest absolute Gasteiger partial charge is 0.467 e. The highest BCUT2D eigenvalue weighted by molar-refractivity contribution is 5.93. The lowest BCUT2D eigenvalue weighted by Crippen LogP contribution is -2.44. The summed E-state index contributed by atoms with van der Waals surface area (Å²) < 4.78 is 4.73. The molecule has 21 heavy (non-hydrogen) atoms. The smallest absolute Gasteiger partial charge is 0.328 e. The van der Waals surface area contributed by atoms with E-state index < -0.39 is 18.0 Å². The van der Waals surface area contributed by atoms with Crippen molar-refractivity contribution >= 4 is 17.7 Å². The lowest BCUT2D eigenvalue weighted by atomic mass is 10.0. The molecular weight excluding hydrogens is 268 g/mol. The SMILES string of the molecule is COC(=O)[C@H](CC(C)C)NC(=O)Nc1cccc(C)c1C. The summed E-state index contributed by atoms with van der Waals surface area (Å²) in [6.07, 6.45) is 0.535. The Balaban J connectivity index is 2.73. The maximum absolute atomic E-state index is 12.1. The van der Waals surface area contributed by atoms with Crippen LogP contribution in [0.3, 0.4) is 0 Å². The summed E-state index contributed by atoms with van der Waals surface area (Å²) >= 11 is 0. The van der Waals surface area contributed by atoms with E-state index in [0.29, 0.717) is 6.42 Å². The van der Waals surface area contributed by atoms with Crippen LogP contribution in [0.5, 0.6) is 0 Å². The number of anilines is 1. The molecule has 0 bridgehead atoms. The fraction of sp³-hybridized carbons (Fsp3) is 0.500. The quantitative estimate of drug-likeness (QED) is 0.820. The van der Waals surface area contributed by atoms with Gasteiger partial charge in [-0.2, -0.15) is 0 Å². The van der Waals surface area contributed by atoms with Gasteiger partial charge in [-0.15, -0.1) is 0 Å². The Morgan fingerprint density at radius 1 is 1.24 bits per heavy atom. The molecule has 1 rings (SSSR count). The number of methoxy groups -OCH3 is 1. The number of carbonyl (C=O) groups excluding carboxylic acids is 2. The van der Waals surface area contributed by atoms with E-state index in [4.69, 9.17) is 4.74 Å². The van der Waals surface area contributed by atoms with Gasteiger partial charge in [-0.25, -0.2) is 9.59 Å². The molecule has 116 valence electrons. The van der Waals surface area contributed by atoms with Crippen LogP contribution in [0.15, 0.2) is 18.2 Å². The van der Waals surface area contributed by atoms with Gasteiger partial charge in [0.25, 0.3) is 0 Å². The first-order chi connectivity index (χ1) is 9.85. The van der Waals surface area contributed by atoms with Gasteiger partial charge in [-0.3, -0.25) is 0 Å². The Bertz CT molecular complexity index is 512. The second-order valence-electron chi connectivity index (χ2n) is 5.55. The van der Waals surface area contributed by atoms with Crippen molar-refractivity contribution in [1.82, 2.24) is 5.32 Å². The lowest BCUT2D eigenvalue weighted by molar-refractivity contribution is -0.143. The van der Waals surface area contributed by atoms with Crippen molar-refractivity contribution in [2.75, 3.05) is 12.4 Å². The third-order valence-corrected chi connectivity index (χ3v) is 3.35. The van der Waals surface area contributed by atoms with E-state index in [-0.39, 0.29) is 5.92 Å². The van der Waals surface area contributed by atoms with Gasteiger partial charge in [0.2, 0.25) is 0 Å². The first-order valence-corrected chi connectivity index (χ1v) is 7.06. The Morgan fingerprint density at radius 2 is 1.90 bits per heavy atom. The number of esters is 1. The minimum atomic E-state index is -0.639. The van der Waals surface area contributed by atoms with E-state index in [1.807, 2.05) is 45.9 Å². The molecule has 0 aliphatic heterocycles. The molecule has 1 aromatic rings. The van der Waals surface area contributed by atoms with Crippen molar-refractivity contribution in [2.24, 2.45) is 5.92 Å². The zero-order valence-corrected chi connectivity index (χ0v) is 13.3. The van der Waals surface area contributed by atoms with Gasteiger partial charge in [0.05, 0.1) is 7.11 Å². The maximum Gasteiger partial charge on any atom is 0.328 e. The van der Waals surface area contributed by atoms with Crippen molar-refractivity contribution in [2.45, 2.75) is 40.2 Å². The molecule has 5 nitrogen and oxygen atoms in total. The Morgan fingerprint density at radius 3 is 2.48 bits per heavy atom. The third kappa shape index (κ3) is 5.10. The first kappa shape index (κ1) is 17.0. The predicted octanol–water partition coefficient (Wildman–Crippen LogP) is 3.01. The van der Waals surface area contributed by atoms with E-state index in [0.717, 1.165) is 16.8 Å². The van der Waals surface area contributed by atoms with E-state index >= 15 is 0 Å². The number of amides is 2. The van der Waals surface area contributed by atoms with Gasteiger partial charge in [0.15, 0.2) is 0 Å². The minimum absolute atomic E-state index is 0.273. The number of hydrogen-bond acceptors (Lipinski definition) is 3. The van der Waals surface area contributed by atoms with Crippen LogP contribution in [0.4, 0.5) is 10.5 Å². The number of hydrogen-bond donors (Lipinski definition) is 2. The van der Waals surface area contributed by atoms with Crippen molar-refractivity contribution < 1.29 is 14.3 Å². The van der Waals surface area contributed by atoms with E-state index in [9.17, 15) is 9.59 Å². The van der Waals surface area contributed by atoms with Gasteiger partial charge in [0.1, 0.15) is 6.04 Å². The van der Waals surface area contributed by atoms with Gasteiger partial charge in [-0.05, 0) is 43.4 Å². The standard InChI is InChI=1S/C16H24N2O3/c1-10(2)9-14(15(19)21-5)18-16(20)17-13-8-6-7-11(3)12(13)4/h6-8,10,14H,9H2,1-5H3,(H2,17,18,20)/t14-/m0/s1. The highest BCUT2D eigenvalue weighted by atomic mass is 16.5. The molecule has 0 unspecified atom stereocenters. The average molecular weight is 292 g/mol. The number of nitrogens with one attached hydrogen (secondary N) is 2. The van der Waals surface area contributed by atoms with Crippen molar-refractivity contribution in [3.63, 3.8) is 0 Å². The molecule has 2 N–H and O–H groups in total. The van der Waals surface area contributed by atoms with E-state index in [2.05, 4.69) is 10.6 Å². The maximum atomic E-state index is 12.1. The zero-order chi connectivity index (χ0) is 16.0. The highest BCUT2D eigenvalue weighted by Crippen LogP contribution is 2.17. The molecule has 0 saturated heterocycles. The van der Waals surface area contributed by atoms with Crippen LogP contribution in [0.2, 0.25) is 0 Å². The highest BCUT2D eigenvalue weighted by Gasteiger charge is 2.22. The molecule has 0 aromatic heterocycles. The fourth-order valence-electron chi connectivity index (χ4n) is 2.03. The molecule has 1 aromatic carbocycles. The predicted molar refractivity (Wildman–Crippen MR) is 83.3 cm³/mol. The second kappa shape index (κ2) is 7.67. The molecule has 0 fully saturated rings. The third-order valence-electron chi connectivity index (χ3n) is 3.35. The van der Waals surface area contributed by atoms with Crippen LogP contribution < -0.4 is 10.6 Å². The summed E-state index contributed by atoms with van der Waals surface area (Å²) in [5.74, 6) is -0.157. The molecule has 0 heterocycles. The molecule has 0 spiro atoms. The number of aryl methyl sites for hydroxylation is 1.